The fourth-order valence-corrected chi connectivity index (χ4v) is 8.24. The molecule has 45 heavy (non-hydrogen) atoms. The lowest BCUT2D eigenvalue weighted by Gasteiger charge is -2.39. The third-order valence-corrected chi connectivity index (χ3v) is 10.2. The van der Waals surface area contributed by atoms with Gasteiger partial charge in [-0.15, -0.1) is 0 Å². The van der Waals surface area contributed by atoms with Gasteiger partial charge in [0.25, 0.3) is 5.91 Å². The Balaban J connectivity index is 1.33. The van der Waals surface area contributed by atoms with Crippen molar-refractivity contribution in [3.05, 3.63) is 18.3 Å². The Morgan fingerprint density at radius 2 is 1.91 bits per heavy atom. The summed E-state index contributed by atoms with van der Waals surface area (Å²) in [6.45, 7) is 11.1. The van der Waals surface area contributed by atoms with Gasteiger partial charge in [0.05, 0.1) is 12.6 Å². The van der Waals surface area contributed by atoms with Crippen molar-refractivity contribution in [1.29, 1.82) is 5.26 Å². The van der Waals surface area contributed by atoms with E-state index in [1.54, 1.807) is 12.1 Å². The molecule has 9 atom stereocenters. The number of amides is 5. The number of carbonyl (C=O) groups is 4. The number of likely N-dealkylation sites (tertiary alicyclic amines) is 2. The first-order valence-electron chi connectivity index (χ1n) is 15.7. The minimum Gasteiger partial charge on any atom is -0.472 e. The normalized spacial score (nSPS) is 34.0. The van der Waals surface area contributed by atoms with E-state index in [1.165, 1.54) is 16.0 Å². The van der Waals surface area contributed by atoms with E-state index in [1.807, 2.05) is 41.5 Å². The molecule has 4 heterocycles. The number of nitriles is 1. The van der Waals surface area contributed by atoms with Crippen LogP contribution >= 0.6 is 0 Å². The SMILES string of the molecule is CC(C)(C)NC(=O)NC(C(=O)N1CC2C3CC(F)C(C3)C2C1C(=O)N1CC2(CC1C#N)Oc1cccnc1NC2=O)C(C)(C)C. The first kappa shape index (κ1) is 31.0. The predicted molar refractivity (Wildman–Crippen MR) is 160 cm³/mol. The van der Waals surface area contributed by atoms with Gasteiger partial charge in [-0.05, 0) is 74.8 Å². The zero-order valence-electron chi connectivity index (χ0n) is 26.6. The average Bonchev–Trinajstić information content (AvgIpc) is 3.69. The third-order valence-electron chi connectivity index (χ3n) is 10.2. The number of aromatic nitrogens is 1. The van der Waals surface area contributed by atoms with Gasteiger partial charge in [0, 0.05) is 24.7 Å². The maximum absolute atomic E-state index is 15.3. The number of fused-ring (bicyclic) bond motifs is 6. The topological polar surface area (TPSA) is 157 Å². The van der Waals surface area contributed by atoms with Crippen LogP contribution in [0, 0.1) is 40.4 Å². The zero-order chi connectivity index (χ0) is 32.6. The highest BCUT2D eigenvalue weighted by molar-refractivity contribution is 6.01. The van der Waals surface area contributed by atoms with Crippen LogP contribution in [0.25, 0.3) is 0 Å². The molecular weight excluding hydrogens is 581 g/mol. The molecule has 1 aromatic heterocycles. The van der Waals surface area contributed by atoms with Crippen molar-refractivity contribution in [1.82, 2.24) is 25.4 Å². The van der Waals surface area contributed by atoms with E-state index in [9.17, 15) is 24.4 Å². The number of hydrogen-bond acceptors (Lipinski definition) is 7. The molecule has 6 rings (SSSR count). The number of ether oxygens (including phenoxy) is 1. The number of halogens is 1. The van der Waals surface area contributed by atoms with Crippen LogP contribution in [0.5, 0.6) is 5.75 Å². The van der Waals surface area contributed by atoms with Crippen molar-refractivity contribution in [3.8, 4) is 11.8 Å². The Bertz CT molecular complexity index is 1470. The van der Waals surface area contributed by atoms with Crippen LogP contribution in [0.4, 0.5) is 15.0 Å². The van der Waals surface area contributed by atoms with Crippen molar-refractivity contribution in [2.75, 3.05) is 18.4 Å². The summed E-state index contributed by atoms with van der Waals surface area (Å²) in [7, 11) is 0. The summed E-state index contributed by atoms with van der Waals surface area (Å²) in [6.07, 6.45) is 1.42. The smallest absolute Gasteiger partial charge is 0.315 e. The fraction of sp³-hybridized carbons (Fsp3) is 0.688. The number of hydrogen-bond donors (Lipinski definition) is 3. The number of nitrogens with zero attached hydrogens (tertiary/aromatic N) is 4. The maximum atomic E-state index is 15.3. The molecule has 2 bridgehead atoms. The molecule has 1 spiro atoms. The van der Waals surface area contributed by atoms with Crippen LogP contribution in [0.2, 0.25) is 0 Å². The van der Waals surface area contributed by atoms with E-state index in [4.69, 9.17) is 4.74 Å². The van der Waals surface area contributed by atoms with Gasteiger partial charge in [0.1, 0.15) is 24.3 Å². The number of anilines is 1. The zero-order valence-corrected chi connectivity index (χ0v) is 26.6. The Labute approximate surface area is 262 Å². The highest BCUT2D eigenvalue weighted by atomic mass is 19.1. The van der Waals surface area contributed by atoms with Crippen molar-refractivity contribution < 1.29 is 28.3 Å². The molecule has 3 N–H and O–H groups in total. The monoisotopic (exact) mass is 623 g/mol. The van der Waals surface area contributed by atoms with Gasteiger partial charge in [0.15, 0.2) is 11.6 Å². The van der Waals surface area contributed by atoms with Gasteiger partial charge in [-0.25, -0.2) is 14.2 Å². The molecule has 0 aromatic carbocycles. The summed E-state index contributed by atoms with van der Waals surface area (Å²) >= 11 is 0. The molecule has 9 unspecified atom stereocenters. The van der Waals surface area contributed by atoms with Crippen LogP contribution < -0.4 is 20.7 Å². The molecule has 0 radical (unpaired) electrons. The summed E-state index contributed by atoms with van der Waals surface area (Å²) in [6, 6.07) is 1.94. The summed E-state index contributed by atoms with van der Waals surface area (Å²) in [5.74, 6) is -1.69. The van der Waals surface area contributed by atoms with Gasteiger partial charge in [-0.2, -0.15) is 5.26 Å². The molecule has 3 aliphatic heterocycles. The predicted octanol–water partition coefficient (Wildman–Crippen LogP) is 2.61. The van der Waals surface area contributed by atoms with E-state index in [0.29, 0.717) is 18.6 Å². The molecule has 12 nitrogen and oxygen atoms in total. The molecule has 5 aliphatic rings. The number of alkyl halides is 1. The average molecular weight is 624 g/mol. The number of carbonyl (C=O) groups excluding carboxylic acids is 4. The molecule has 2 saturated heterocycles. The van der Waals surface area contributed by atoms with E-state index < -0.39 is 70.5 Å². The van der Waals surface area contributed by atoms with Crippen molar-refractivity contribution in [3.63, 3.8) is 0 Å². The first-order chi connectivity index (χ1) is 21.0. The summed E-state index contributed by atoms with van der Waals surface area (Å²) in [5, 5.41) is 18.6. The van der Waals surface area contributed by atoms with Crippen molar-refractivity contribution >= 4 is 29.6 Å². The molecule has 2 aliphatic carbocycles. The standard InChI is InChI=1S/C32H42FN7O5/c1-30(2,3)24(36-29(44)38-31(4,5)6)27(42)39-14-19-16-10-18(20(33)11-16)22(19)23(39)26(41)40-15-32(12-17(40)13-34)28(43)37-25-21(45-32)8-7-9-35-25/h7-9,16-20,22-24H,10-12,14-15H2,1-6H3,(H,35,37,43)(H2,36,38,44). The van der Waals surface area contributed by atoms with Crippen LogP contribution in [-0.4, -0.2) is 87.1 Å². The fourth-order valence-electron chi connectivity index (χ4n) is 8.24. The van der Waals surface area contributed by atoms with Gasteiger partial charge < -0.3 is 30.5 Å². The Morgan fingerprint density at radius 3 is 2.58 bits per heavy atom. The maximum Gasteiger partial charge on any atom is 0.315 e. The van der Waals surface area contributed by atoms with Crippen LogP contribution in [-0.2, 0) is 14.4 Å². The molecular formula is C32H42FN7O5. The second-order valence-electron chi connectivity index (χ2n) is 15.5. The lowest BCUT2D eigenvalue weighted by molar-refractivity contribution is -0.149. The Morgan fingerprint density at radius 1 is 1.18 bits per heavy atom. The molecule has 1 aromatic rings. The Kier molecular flexibility index (Phi) is 7.29. The van der Waals surface area contributed by atoms with E-state index in [-0.39, 0.29) is 43.1 Å². The number of nitrogens with one attached hydrogen (secondary N) is 3. The highest BCUT2D eigenvalue weighted by Crippen LogP contribution is 2.59. The van der Waals surface area contributed by atoms with Gasteiger partial charge in [-0.3, -0.25) is 14.4 Å². The largest absolute Gasteiger partial charge is 0.472 e. The third kappa shape index (κ3) is 5.25. The second-order valence-corrected chi connectivity index (χ2v) is 15.5. The number of urea groups is 1. The first-order valence-corrected chi connectivity index (χ1v) is 15.7. The van der Waals surface area contributed by atoms with Gasteiger partial charge in [-0.1, -0.05) is 20.8 Å². The highest BCUT2D eigenvalue weighted by Gasteiger charge is 2.65. The minimum atomic E-state index is -1.52. The molecule has 4 fully saturated rings. The molecule has 2 saturated carbocycles. The second kappa shape index (κ2) is 10.6. The van der Waals surface area contributed by atoms with Crippen LogP contribution in [0.15, 0.2) is 18.3 Å². The van der Waals surface area contributed by atoms with E-state index in [2.05, 4.69) is 27.0 Å². The number of rotatable bonds is 3. The summed E-state index contributed by atoms with van der Waals surface area (Å²) in [5.41, 5.74) is -2.78. The van der Waals surface area contributed by atoms with Crippen LogP contribution in [0.1, 0.15) is 60.8 Å². The van der Waals surface area contributed by atoms with Crippen molar-refractivity contribution in [2.45, 2.75) is 96.2 Å². The van der Waals surface area contributed by atoms with Gasteiger partial charge >= 0.3 is 6.03 Å². The summed E-state index contributed by atoms with van der Waals surface area (Å²) < 4.78 is 21.4. The number of pyridine rings is 1. The Hall–Kier alpha value is -3.95. The molecule has 242 valence electrons. The lowest BCUT2D eigenvalue weighted by atomic mass is 9.77. The minimum absolute atomic E-state index is 0.0430. The quantitative estimate of drug-likeness (QED) is 0.467. The summed E-state index contributed by atoms with van der Waals surface area (Å²) in [4.78, 5) is 62.5. The van der Waals surface area contributed by atoms with Gasteiger partial charge in [0.2, 0.25) is 17.4 Å². The van der Waals surface area contributed by atoms with Crippen molar-refractivity contribution in [2.24, 2.45) is 29.1 Å². The lowest BCUT2D eigenvalue weighted by Crippen LogP contribution is -2.62. The molecule has 5 amide bonds. The van der Waals surface area contributed by atoms with Crippen LogP contribution in [0.3, 0.4) is 0 Å². The molecule has 13 heteroatoms. The van der Waals surface area contributed by atoms with E-state index >= 15 is 4.39 Å². The van der Waals surface area contributed by atoms with E-state index in [0.717, 1.165) is 0 Å².